The fourth-order valence-electron chi connectivity index (χ4n) is 2.80. The van der Waals surface area contributed by atoms with E-state index < -0.39 is 6.04 Å². The molecule has 100 valence electrons. The molecule has 1 heterocycles. The lowest BCUT2D eigenvalue weighted by Crippen LogP contribution is -2.53. The molecule has 1 aliphatic carbocycles. The summed E-state index contributed by atoms with van der Waals surface area (Å²) in [4.78, 5) is 23.3. The number of carbonyl (C=O) groups excluding carboxylic acids is 2. The van der Waals surface area contributed by atoms with Crippen LogP contribution in [0.15, 0.2) is 24.3 Å². The third-order valence-electron chi connectivity index (χ3n) is 3.69. The average Bonchev–Trinajstić information content (AvgIpc) is 2.91. The highest BCUT2D eigenvalue weighted by Crippen LogP contribution is 2.29. The van der Waals surface area contributed by atoms with Gasteiger partial charge >= 0.3 is 0 Å². The van der Waals surface area contributed by atoms with Crippen LogP contribution >= 0.6 is 11.8 Å². The van der Waals surface area contributed by atoms with Crippen LogP contribution in [0.3, 0.4) is 0 Å². The minimum absolute atomic E-state index is 0.0753. The summed E-state index contributed by atoms with van der Waals surface area (Å²) < 4.78 is 0. The Labute approximate surface area is 116 Å². The highest BCUT2D eigenvalue weighted by atomic mass is 32.2. The van der Waals surface area contributed by atoms with Gasteiger partial charge in [0.05, 0.1) is 0 Å². The molecule has 0 unspecified atom stereocenters. The number of benzene rings is 1. The van der Waals surface area contributed by atoms with Crippen LogP contribution in [0.4, 0.5) is 4.79 Å². The largest absolute Gasteiger partial charge is 0.348 e. The first-order valence-corrected chi connectivity index (χ1v) is 7.36. The molecule has 0 spiro atoms. The lowest BCUT2D eigenvalue weighted by Gasteiger charge is -2.27. The van der Waals surface area contributed by atoms with E-state index in [0.717, 1.165) is 12.8 Å². The molecule has 5 heteroatoms. The van der Waals surface area contributed by atoms with E-state index in [1.54, 1.807) is 0 Å². The zero-order valence-electron chi connectivity index (χ0n) is 10.7. The van der Waals surface area contributed by atoms with Gasteiger partial charge in [0.25, 0.3) is 5.24 Å². The molecule has 0 saturated carbocycles. The van der Waals surface area contributed by atoms with Crippen molar-refractivity contribution >= 4 is 22.9 Å². The smallest absolute Gasteiger partial charge is 0.279 e. The van der Waals surface area contributed by atoms with Crippen molar-refractivity contribution in [3.05, 3.63) is 35.4 Å². The molecule has 1 fully saturated rings. The Morgan fingerprint density at radius 2 is 2.00 bits per heavy atom. The van der Waals surface area contributed by atoms with E-state index in [1.165, 1.54) is 22.9 Å². The maximum atomic E-state index is 12.2. The van der Waals surface area contributed by atoms with Gasteiger partial charge in [-0.05, 0) is 30.9 Å². The molecular weight excluding hydrogens is 260 g/mol. The molecule has 19 heavy (non-hydrogen) atoms. The maximum Gasteiger partial charge on any atom is 0.279 e. The predicted molar refractivity (Wildman–Crippen MR) is 75.2 cm³/mol. The number of hydrogen-bond donors (Lipinski definition) is 2. The number of thioether (sulfide) groups is 1. The Hall–Kier alpha value is -1.49. The first-order valence-electron chi connectivity index (χ1n) is 6.38. The van der Waals surface area contributed by atoms with Gasteiger partial charge in [-0.25, -0.2) is 0 Å². The van der Waals surface area contributed by atoms with E-state index in [-0.39, 0.29) is 16.7 Å². The van der Waals surface area contributed by atoms with Crippen LogP contribution in [0.1, 0.15) is 18.1 Å². The standard InChI is InChI=1S/C14H16N2O2S/c1-14(6-9-4-2-3-5-10(9)7-14)16-12(17)11-8-19-13(18)15-11/h2-5,11H,6-8H2,1H3,(H,15,18)(H,16,17)/t11-/m0/s1. The topological polar surface area (TPSA) is 58.2 Å². The lowest BCUT2D eigenvalue weighted by molar-refractivity contribution is -0.123. The molecule has 4 nitrogen and oxygen atoms in total. The molecular formula is C14H16N2O2S. The van der Waals surface area contributed by atoms with Crippen LogP contribution in [-0.2, 0) is 17.6 Å². The highest BCUT2D eigenvalue weighted by Gasteiger charge is 2.37. The van der Waals surface area contributed by atoms with Crippen molar-refractivity contribution in [2.45, 2.75) is 31.3 Å². The van der Waals surface area contributed by atoms with Gasteiger partial charge in [0, 0.05) is 11.3 Å². The molecule has 2 N–H and O–H groups in total. The molecule has 1 aromatic carbocycles. The van der Waals surface area contributed by atoms with Gasteiger partial charge in [-0.3, -0.25) is 9.59 Å². The number of nitrogens with one attached hydrogen (secondary N) is 2. The molecule has 2 aliphatic rings. The van der Waals surface area contributed by atoms with Gasteiger partial charge in [0.15, 0.2) is 0 Å². The fourth-order valence-corrected chi connectivity index (χ4v) is 3.58. The van der Waals surface area contributed by atoms with Gasteiger partial charge in [-0.1, -0.05) is 36.0 Å². The van der Waals surface area contributed by atoms with Crippen LogP contribution in [0.5, 0.6) is 0 Å². The minimum Gasteiger partial charge on any atom is -0.348 e. The monoisotopic (exact) mass is 276 g/mol. The Bertz CT molecular complexity index is 519. The van der Waals surface area contributed by atoms with Crippen LogP contribution in [-0.4, -0.2) is 28.5 Å². The number of carbonyl (C=O) groups is 2. The van der Waals surface area contributed by atoms with E-state index in [9.17, 15) is 9.59 Å². The van der Waals surface area contributed by atoms with Gasteiger partial charge in [-0.15, -0.1) is 0 Å². The van der Waals surface area contributed by atoms with E-state index in [2.05, 4.69) is 29.7 Å². The van der Waals surface area contributed by atoms with Crippen LogP contribution in [0.25, 0.3) is 0 Å². The Balaban J connectivity index is 1.68. The molecule has 3 rings (SSSR count). The second-order valence-electron chi connectivity index (χ2n) is 5.47. The van der Waals surface area contributed by atoms with E-state index in [0.29, 0.717) is 5.75 Å². The zero-order chi connectivity index (χ0) is 13.5. The second-order valence-corrected chi connectivity index (χ2v) is 6.46. The molecule has 2 amide bonds. The molecule has 0 bridgehead atoms. The quantitative estimate of drug-likeness (QED) is 0.860. The Morgan fingerprint density at radius 1 is 1.37 bits per heavy atom. The van der Waals surface area contributed by atoms with Crippen LogP contribution < -0.4 is 10.6 Å². The van der Waals surface area contributed by atoms with Crippen LogP contribution in [0, 0.1) is 0 Å². The van der Waals surface area contributed by atoms with Gasteiger partial charge in [0.2, 0.25) is 5.91 Å². The summed E-state index contributed by atoms with van der Waals surface area (Å²) in [7, 11) is 0. The Morgan fingerprint density at radius 3 is 2.53 bits per heavy atom. The van der Waals surface area contributed by atoms with E-state index >= 15 is 0 Å². The maximum absolute atomic E-state index is 12.2. The van der Waals surface area contributed by atoms with Crippen molar-refractivity contribution < 1.29 is 9.59 Å². The molecule has 1 atom stereocenters. The third-order valence-corrected chi connectivity index (χ3v) is 4.57. The SMILES string of the molecule is CC1(NC(=O)[C@@H]2CSC(=O)N2)Cc2ccccc2C1. The minimum atomic E-state index is -0.391. The summed E-state index contributed by atoms with van der Waals surface area (Å²) in [5, 5.41) is 5.66. The predicted octanol–water partition coefficient (Wildman–Crippen LogP) is 1.49. The van der Waals surface area contributed by atoms with Gasteiger partial charge in [-0.2, -0.15) is 0 Å². The van der Waals surface area contributed by atoms with Crippen LogP contribution in [0.2, 0.25) is 0 Å². The molecule has 0 aromatic heterocycles. The molecule has 1 saturated heterocycles. The molecule has 1 aliphatic heterocycles. The first-order chi connectivity index (χ1) is 9.06. The summed E-state index contributed by atoms with van der Waals surface area (Å²) >= 11 is 1.17. The van der Waals surface area contributed by atoms with Gasteiger partial charge < -0.3 is 10.6 Å². The summed E-state index contributed by atoms with van der Waals surface area (Å²) in [6.07, 6.45) is 1.70. The zero-order valence-corrected chi connectivity index (χ0v) is 11.5. The van der Waals surface area contributed by atoms with Crippen molar-refractivity contribution in [1.82, 2.24) is 10.6 Å². The summed E-state index contributed by atoms with van der Waals surface area (Å²) in [5.74, 6) is 0.446. The lowest BCUT2D eigenvalue weighted by atomic mass is 9.98. The normalized spacial score (nSPS) is 23.8. The summed E-state index contributed by atoms with van der Waals surface area (Å²) in [5.41, 5.74) is 2.36. The van der Waals surface area contributed by atoms with Crippen molar-refractivity contribution in [3.63, 3.8) is 0 Å². The molecule has 1 aromatic rings. The highest BCUT2D eigenvalue weighted by molar-refractivity contribution is 8.14. The third kappa shape index (κ3) is 2.47. The Kier molecular flexibility index (Phi) is 3.01. The number of rotatable bonds is 2. The van der Waals surface area contributed by atoms with Crippen molar-refractivity contribution in [2.75, 3.05) is 5.75 Å². The van der Waals surface area contributed by atoms with Crippen molar-refractivity contribution in [1.29, 1.82) is 0 Å². The van der Waals surface area contributed by atoms with Crippen molar-refractivity contribution in [3.8, 4) is 0 Å². The second kappa shape index (κ2) is 4.56. The summed E-state index contributed by atoms with van der Waals surface area (Å²) in [6.45, 7) is 2.06. The average molecular weight is 276 g/mol. The number of fused-ring (bicyclic) bond motifs is 1. The number of hydrogen-bond acceptors (Lipinski definition) is 3. The van der Waals surface area contributed by atoms with Crippen molar-refractivity contribution in [2.24, 2.45) is 0 Å². The molecule has 0 radical (unpaired) electrons. The fraction of sp³-hybridized carbons (Fsp3) is 0.429. The summed E-state index contributed by atoms with van der Waals surface area (Å²) in [6, 6.07) is 7.89. The van der Waals surface area contributed by atoms with E-state index in [4.69, 9.17) is 0 Å². The van der Waals surface area contributed by atoms with E-state index in [1.807, 2.05) is 12.1 Å². The number of amides is 2. The van der Waals surface area contributed by atoms with Gasteiger partial charge in [0.1, 0.15) is 6.04 Å². The first kappa shape index (κ1) is 12.5.